The molecule has 8 nitrogen and oxygen atoms in total. The standard InChI is InChI=1S/C23H25FN6O2S/c1-14-19-20(28-10-3-4-18(31)9-11-28)26-21(22-25-15(2)27-33-22)30(19)13-12-29(14)23(32)16-5-7-17(24)8-6-16/h5-8,14H,3-4,9-13H2,1-2H3/t14-/m1/s1. The summed E-state index contributed by atoms with van der Waals surface area (Å²) in [6, 6.07) is 5.41. The van der Waals surface area contributed by atoms with Crippen LogP contribution in [0.4, 0.5) is 10.2 Å². The first kappa shape index (κ1) is 21.7. The first-order chi connectivity index (χ1) is 15.9. The van der Waals surface area contributed by atoms with Gasteiger partial charge in [0.05, 0.1) is 11.7 Å². The topological polar surface area (TPSA) is 84.2 Å². The maximum absolute atomic E-state index is 13.4. The molecule has 0 N–H and O–H groups in total. The highest BCUT2D eigenvalue weighted by Crippen LogP contribution is 2.38. The Labute approximate surface area is 195 Å². The predicted molar refractivity (Wildman–Crippen MR) is 123 cm³/mol. The summed E-state index contributed by atoms with van der Waals surface area (Å²) in [5, 5.41) is 0.747. The third-order valence-electron chi connectivity index (χ3n) is 6.33. The van der Waals surface area contributed by atoms with Crippen LogP contribution in [0.5, 0.6) is 0 Å². The maximum Gasteiger partial charge on any atom is 0.254 e. The molecule has 4 heterocycles. The molecule has 1 saturated heterocycles. The van der Waals surface area contributed by atoms with Crippen molar-refractivity contribution in [1.82, 2.24) is 23.8 Å². The summed E-state index contributed by atoms with van der Waals surface area (Å²) in [6.45, 7) is 6.27. The Morgan fingerprint density at radius 1 is 1.09 bits per heavy atom. The average molecular weight is 469 g/mol. The fraction of sp³-hybridized carbons (Fsp3) is 0.435. The van der Waals surface area contributed by atoms with E-state index in [2.05, 4.69) is 18.8 Å². The van der Waals surface area contributed by atoms with E-state index < -0.39 is 0 Å². The minimum absolute atomic E-state index is 0.139. The van der Waals surface area contributed by atoms with Crippen LogP contribution in [-0.4, -0.2) is 55.1 Å². The Balaban J connectivity index is 1.56. The summed E-state index contributed by atoms with van der Waals surface area (Å²) in [7, 11) is 0. The third kappa shape index (κ3) is 4.03. The number of hydrogen-bond donors (Lipinski definition) is 0. The molecule has 0 bridgehead atoms. The van der Waals surface area contributed by atoms with Gasteiger partial charge in [-0.1, -0.05) is 0 Å². The Bertz CT molecular complexity index is 1200. The molecule has 5 rings (SSSR count). The number of anilines is 1. The molecule has 0 saturated carbocycles. The van der Waals surface area contributed by atoms with Crippen molar-refractivity contribution in [2.45, 2.75) is 45.7 Å². The Morgan fingerprint density at radius 3 is 2.61 bits per heavy atom. The van der Waals surface area contributed by atoms with Crippen LogP contribution in [-0.2, 0) is 11.3 Å². The fourth-order valence-electron chi connectivity index (χ4n) is 4.64. The molecular weight excluding hydrogens is 443 g/mol. The highest BCUT2D eigenvalue weighted by molar-refractivity contribution is 7.09. The number of aromatic nitrogens is 4. The first-order valence-corrected chi connectivity index (χ1v) is 11.9. The monoisotopic (exact) mass is 468 g/mol. The van der Waals surface area contributed by atoms with E-state index in [1.165, 1.54) is 35.8 Å². The Kier molecular flexibility index (Phi) is 5.69. The zero-order valence-electron chi connectivity index (χ0n) is 18.6. The molecule has 10 heteroatoms. The second-order valence-electron chi connectivity index (χ2n) is 8.50. The van der Waals surface area contributed by atoms with Gasteiger partial charge in [0.15, 0.2) is 16.6 Å². The molecule has 1 aromatic carbocycles. The summed E-state index contributed by atoms with van der Waals surface area (Å²) in [4.78, 5) is 38.8. The van der Waals surface area contributed by atoms with Crippen molar-refractivity contribution >= 4 is 29.0 Å². The molecule has 172 valence electrons. The van der Waals surface area contributed by atoms with Gasteiger partial charge in [-0.2, -0.15) is 4.37 Å². The Hall–Kier alpha value is -3.14. The smallest absolute Gasteiger partial charge is 0.254 e. The number of carbonyl (C=O) groups is 2. The van der Waals surface area contributed by atoms with E-state index in [1.54, 1.807) is 0 Å². The molecule has 1 amide bonds. The van der Waals surface area contributed by atoms with Crippen molar-refractivity contribution < 1.29 is 14.0 Å². The lowest BCUT2D eigenvalue weighted by Crippen LogP contribution is -2.42. The van der Waals surface area contributed by atoms with Crippen LogP contribution in [0.25, 0.3) is 10.8 Å². The highest BCUT2D eigenvalue weighted by atomic mass is 32.1. The molecule has 0 aliphatic carbocycles. The van der Waals surface area contributed by atoms with Gasteiger partial charge in [0.1, 0.15) is 17.4 Å². The number of imidazole rings is 1. The molecule has 33 heavy (non-hydrogen) atoms. The summed E-state index contributed by atoms with van der Waals surface area (Å²) in [5.41, 5.74) is 1.40. The minimum atomic E-state index is -0.369. The van der Waals surface area contributed by atoms with Crippen LogP contribution in [0.15, 0.2) is 24.3 Å². The van der Waals surface area contributed by atoms with E-state index in [4.69, 9.17) is 4.98 Å². The molecule has 0 radical (unpaired) electrons. The largest absolute Gasteiger partial charge is 0.355 e. The molecular formula is C23H25FN6O2S. The van der Waals surface area contributed by atoms with E-state index in [1.807, 2.05) is 18.7 Å². The van der Waals surface area contributed by atoms with Gasteiger partial charge in [-0.15, -0.1) is 0 Å². The fourth-order valence-corrected chi connectivity index (χ4v) is 5.31. The number of benzene rings is 1. The molecule has 1 fully saturated rings. The molecule has 1 atom stereocenters. The van der Waals surface area contributed by atoms with Gasteiger partial charge in [0, 0.05) is 44.6 Å². The van der Waals surface area contributed by atoms with Crippen LogP contribution in [0.3, 0.4) is 0 Å². The number of hydrogen-bond acceptors (Lipinski definition) is 7. The molecule has 3 aromatic rings. The van der Waals surface area contributed by atoms with Gasteiger partial charge < -0.3 is 14.4 Å². The molecule has 2 aliphatic rings. The average Bonchev–Trinajstić information content (AvgIpc) is 3.33. The summed E-state index contributed by atoms with van der Waals surface area (Å²) in [5.74, 6) is 2.02. The number of nitrogens with zero attached hydrogens (tertiary/aromatic N) is 6. The highest BCUT2D eigenvalue weighted by Gasteiger charge is 2.36. The van der Waals surface area contributed by atoms with Crippen molar-refractivity contribution in [3.05, 3.63) is 47.2 Å². The number of halogens is 1. The van der Waals surface area contributed by atoms with Gasteiger partial charge in [0.2, 0.25) is 0 Å². The van der Waals surface area contributed by atoms with E-state index in [0.717, 1.165) is 35.3 Å². The van der Waals surface area contributed by atoms with Crippen LogP contribution < -0.4 is 4.90 Å². The number of rotatable bonds is 3. The van der Waals surface area contributed by atoms with E-state index in [9.17, 15) is 14.0 Å². The molecule has 0 unspecified atom stereocenters. The van der Waals surface area contributed by atoms with Crippen LogP contribution in [0.2, 0.25) is 0 Å². The van der Waals surface area contributed by atoms with Crippen LogP contribution in [0, 0.1) is 12.7 Å². The van der Waals surface area contributed by atoms with Gasteiger partial charge in [0.25, 0.3) is 5.91 Å². The summed E-state index contributed by atoms with van der Waals surface area (Å²) in [6.07, 6.45) is 1.86. The van der Waals surface area contributed by atoms with Crippen molar-refractivity contribution in [3.8, 4) is 10.8 Å². The van der Waals surface area contributed by atoms with E-state index in [-0.39, 0.29) is 23.5 Å². The normalized spacial score (nSPS) is 18.9. The first-order valence-electron chi connectivity index (χ1n) is 11.2. The van der Waals surface area contributed by atoms with Crippen molar-refractivity contribution in [2.24, 2.45) is 0 Å². The number of fused-ring (bicyclic) bond motifs is 1. The molecule has 2 aliphatic heterocycles. The van der Waals surface area contributed by atoms with Gasteiger partial charge in [-0.05, 0) is 56.1 Å². The lowest BCUT2D eigenvalue weighted by molar-refractivity contribution is -0.118. The Morgan fingerprint density at radius 2 is 1.88 bits per heavy atom. The van der Waals surface area contributed by atoms with Crippen LogP contribution in [0.1, 0.15) is 54.1 Å². The van der Waals surface area contributed by atoms with Crippen molar-refractivity contribution in [3.63, 3.8) is 0 Å². The van der Waals surface area contributed by atoms with Crippen molar-refractivity contribution in [1.29, 1.82) is 0 Å². The minimum Gasteiger partial charge on any atom is -0.355 e. The van der Waals surface area contributed by atoms with Gasteiger partial charge in [-0.25, -0.2) is 14.4 Å². The predicted octanol–water partition coefficient (Wildman–Crippen LogP) is 3.63. The summed E-state index contributed by atoms with van der Waals surface area (Å²) < 4.78 is 19.8. The van der Waals surface area contributed by atoms with Gasteiger partial charge >= 0.3 is 0 Å². The van der Waals surface area contributed by atoms with E-state index in [0.29, 0.717) is 43.9 Å². The zero-order valence-corrected chi connectivity index (χ0v) is 19.4. The third-order valence-corrected chi connectivity index (χ3v) is 7.13. The number of ketones is 1. The SMILES string of the molecule is Cc1nsc(-c2nc(N3CCCC(=O)CC3)c3n2CCN(C(=O)c2ccc(F)cc2)[C@@H]3C)n1. The maximum atomic E-state index is 13.4. The number of Topliss-reactive ketones (excluding diaryl/α,β-unsaturated/α-hetero) is 1. The number of carbonyl (C=O) groups excluding carboxylic acids is 2. The molecule has 2 aromatic heterocycles. The van der Waals surface area contributed by atoms with Crippen molar-refractivity contribution in [2.75, 3.05) is 24.5 Å². The summed E-state index contributed by atoms with van der Waals surface area (Å²) >= 11 is 1.31. The number of amides is 1. The quantitative estimate of drug-likeness (QED) is 0.584. The van der Waals surface area contributed by atoms with E-state index >= 15 is 0 Å². The lowest BCUT2D eigenvalue weighted by atomic mass is 10.1. The lowest BCUT2D eigenvalue weighted by Gasteiger charge is -2.36. The zero-order chi connectivity index (χ0) is 23.1. The number of aryl methyl sites for hydroxylation is 1. The van der Waals surface area contributed by atoms with Crippen LogP contribution >= 0.6 is 11.5 Å². The second-order valence-corrected chi connectivity index (χ2v) is 9.26. The second kappa shape index (κ2) is 8.66. The van der Waals surface area contributed by atoms with Gasteiger partial charge in [-0.3, -0.25) is 9.59 Å². The molecule has 0 spiro atoms.